The van der Waals surface area contributed by atoms with Gasteiger partial charge in [0.15, 0.2) is 0 Å². The molecule has 1 spiro atoms. The second kappa shape index (κ2) is 4.91. The van der Waals surface area contributed by atoms with Gasteiger partial charge in [-0.25, -0.2) is 0 Å². The average Bonchev–Trinajstić information content (AvgIpc) is 2.59. The van der Waals surface area contributed by atoms with E-state index in [-0.39, 0.29) is 0 Å². The maximum atomic E-state index is 5.89. The first-order valence-corrected chi connectivity index (χ1v) is 7.50. The quantitative estimate of drug-likeness (QED) is 0.885. The van der Waals surface area contributed by atoms with Crippen molar-refractivity contribution >= 4 is 0 Å². The third kappa shape index (κ3) is 2.11. The van der Waals surface area contributed by atoms with E-state index in [4.69, 9.17) is 4.74 Å². The fourth-order valence-corrected chi connectivity index (χ4v) is 3.78. The molecule has 0 aromatic carbocycles. The highest BCUT2D eigenvalue weighted by Gasteiger charge is 2.58. The summed E-state index contributed by atoms with van der Waals surface area (Å²) in [6.45, 7) is 5.97. The van der Waals surface area contributed by atoms with Crippen LogP contribution in [0, 0.1) is 12.3 Å². The van der Waals surface area contributed by atoms with Crippen molar-refractivity contribution in [2.45, 2.75) is 58.2 Å². The van der Waals surface area contributed by atoms with Crippen LogP contribution in [0.15, 0.2) is 6.20 Å². The fourth-order valence-electron chi connectivity index (χ4n) is 3.78. The van der Waals surface area contributed by atoms with E-state index in [0.717, 1.165) is 18.8 Å². The molecule has 106 valence electrons. The van der Waals surface area contributed by atoms with Gasteiger partial charge in [-0.3, -0.25) is 4.68 Å². The normalized spacial score (nSPS) is 28.2. The number of hydrogen-bond acceptors (Lipinski definition) is 3. The van der Waals surface area contributed by atoms with Crippen LogP contribution in [0.2, 0.25) is 0 Å². The van der Waals surface area contributed by atoms with E-state index < -0.39 is 0 Å². The molecule has 2 unspecified atom stereocenters. The van der Waals surface area contributed by atoms with E-state index in [9.17, 15) is 0 Å². The standard InChI is InChI=1S/C15H25N3O/c1-4-19-14-8-13(15(14)6-5-7-15)16-9-12-10-18(3)17-11(12)2/h10,13-14,16H,4-9H2,1-3H3. The highest BCUT2D eigenvalue weighted by Crippen LogP contribution is 2.57. The number of nitrogens with zero attached hydrogens (tertiary/aromatic N) is 2. The van der Waals surface area contributed by atoms with E-state index >= 15 is 0 Å². The molecule has 0 aliphatic heterocycles. The lowest BCUT2D eigenvalue weighted by Crippen LogP contribution is -2.66. The molecule has 0 radical (unpaired) electrons. The molecule has 4 nitrogen and oxygen atoms in total. The van der Waals surface area contributed by atoms with Crippen molar-refractivity contribution < 1.29 is 4.74 Å². The van der Waals surface area contributed by atoms with Gasteiger partial charge in [-0.15, -0.1) is 0 Å². The molecule has 2 fully saturated rings. The Kier molecular flexibility index (Phi) is 3.39. The molecule has 1 aromatic rings. The van der Waals surface area contributed by atoms with Crippen LogP contribution >= 0.6 is 0 Å². The van der Waals surface area contributed by atoms with Crippen LogP contribution in [0.4, 0.5) is 0 Å². The van der Waals surface area contributed by atoms with Gasteiger partial charge in [0, 0.05) is 43.4 Å². The molecule has 2 aliphatic carbocycles. The van der Waals surface area contributed by atoms with Gasteiger partial charge in [0.25, 0.3) is 0 Å². The third-order valence-corrected chi connectivity index (χ3v) is 5.09. The Morgan fingerprint density at radius 1 is 1.53 bits per heavy atom. The number of aryl methyl sites for hydroxylation is 2. The summed E-state index contributed by atoms with van der Waals surface area (Å²) in [4.78, 5) is 0. The number of nitrogens with one attached hydrogen (secondary N) is 1. The molecule has 0 amide bonds. The maximum absolute atomic E-state index is 5.89. The van der Waals surface area contributed by atoms with Crippen LogP contribution in [-0.2, 0) is 18.3 Å². The SMILES string of the molecule is CCOC1CC(NCc2cn(C)nc2C)C12CCC2. The molecule has 3 rings (SSSR count). The van der Waals surface area contributed by atoms with Crippen molar-refractivity contribution in [3.05, 3.63) is 17.5 Å². The topological polar surface area (TPSA) is 39.1 Å². The van der Waals surface area contributed by atoms with E-state index in [1.165, 1.54) is 31.2 Å². The van der Waals surface area contributed by atoms with Crippen molar-refractivity contribution in [1.82, 2.24) is 15.1 Å². The zero-order valence-electron chi connectivity index (χ0n) is 12.3. The molecule has 19 heavy (non-hydrogen) atoms. The monoisotopic (exact) mass is 263 g/mol. The van der Waals surface area contributed by atoms with Crippen LogP contribution in [0.5, 0.6) is 0 Å². The summed E-state index contributed by atoms with van der Waals surface area (Å²) >= 11 is 0. The lowest BCUT2D eigenvalue weighted by molar-refractivity contribution is -0.173. The summed E-state index contributed by atoms with van der Waals surface area (Å²) < 4.78 is 7.79. The Balaban J connectivity index is 1.58. The van der Waals surface area contributed by atoms with Crippen molar-refractivity contribution in [2.75, 3.05) is 6.61 Å². The van der Waals surface area contributed by atoms with Crippen molar-refractivity contribution in [3.8, 4) is 0 Å². The molecule has 1 heterocycles. The predicted octanol–water partition coefficient (Wildman–Crippen LogP) is 2.17. The minimum Gasteiger partial charge on any atom is -0.378 e. The molecule has 0 saturated heterocycles. The largest absolute Gasteiger partial charge is 0.378 e. The lowest BCUT2D eigenvalue weighted by atomic mass is 9.51. The summed E-state index contributed by atoms with van der Waals surface area (Å²) in [5.74, 6) is 0. The van der Waals surface area contributed by atoms with Gasteiger partial charge < -0.3 is 10.1 Å². The van der Waals surface area contributed by atoms with Gasteiger partial charge >= 0.3 is 0 Å². The second-order valence-electron chi connectivity index (χ2n) is 6.11. The summed E-state index contributed by atoms with van der Waals surface area (Å²) in [6, 6.07) is 0.636. The lowest BCUT2D eigenvalue weighted by Gasteiger charge is -2.61. The molecule has 1 aromatic heterocycles. The van der Waals surface area contributed by atoms with E-state index in [0.29, 0.717) is 17.6 Å². The molecule has 2 aliphatic rings. The Labute approximate surface area is 115 Å². The minimum absolute atomic E-state index is 0.451. The van der Waals surface area contributed by atoms with Crippen molar-refractivity contribution in [3.63, 3.8) is 0 Å². The van der Waals surface area contributed by atoms with Crippen LogP contribution in [0.3, 0.4) is 0 Å². The van der Waals surface area contributed by atoms with E-state index in [1.807, 2.05) is 11.7 Å². The van der Waals surface area contributed by atoms with Gasteiger partial charge in [0.1, 0.15) is 0 Å². The predicted molar refractivity (Wildman–Crippen MR) is 74.9 cm³/mol. The van der Waals surface area contributed by atoms with Crippen molar-refractivity contribution in [2.24, 2.45) is 12.5 Å². The molecule has 2 saturated carbocycles. The molecule has 0 bridgehead atoms. The molecule has 4 heteroatoms. The van der Waals surface area contributed by atoms with Gasteiger partial charge in [-0.2, -0.15) is 5.10 Å². The highest BCUT2D eigenvalue weighted by molar-refractivity contribution is 5.17. The Morgan fingerprint density at radius 2 is 2.32 bits per heavy atom. The molecular formula is C15H25N3O. The first-order chi connectivity index (χ1) is 9.15. The molecular weight excluding hydrogens is 238 g/mol. The van der Waals surface area contributed by atoms with Gasteiger partial charge in [-0.1, -0.05) is 6.42 Å². The number of aromatic nitrogens is 2. The Morgan fingerprint density at radius 3 is 2.84 bits per heavy atom. The summed E-state index contributed by atoms with van der Waals surface area (Å²) in [6.07, 6.45) is 7.83. The fraction of sp³-hybridized carbons (Fsp3) is 0.800. The van der Waals surface area contributed by atoms with Gasteiger partial charge in [-0.05, 0) is 33.1 Å². The molecule has 2 atom stereocenters. The third-order valence-electron chi connectivity index (χ3n) is 5.09. The van der Waals surface area contributed by atoms with Crippen LogP contribution in [0.25, 0.3) is 0 Å². The second-order valence-corrected chi connectivity index (χ2v) is 6.11. The smallest absolute Gasteiger partial charge is 0.0661 e. The zero-order valence-corrected chi connectivity index (χ0v) is 12.3. The molecule has 1 N–H and O–H groups in total. The Hall–Kier alpha value is -0.870. The first-order valence-electron chi connectivity index (χ1n) is 7.50. The van der Waals surface area contributed by atoms with E-state index in [2.05, 4.69) is 30.5 Å². The van der Waals surface area contributed by atoms with Gasteiger partial charge in [0.05, 0.1) is 11.8 Å². The van der Waals surface area contributed by atoms with Crippen LogP contribution < -0.4 is 5.32 Å². The van der Waals surface area contributed by atoms with Gasteiger partial charge in [0.2, 0.25) is 0 Å². The Bertz CT molecular complexity index is 450. The number of ether oxygens (including phenoxy) is 1. The van der Waals surface area contributed by atoms with Crippen LogP contribution in [0.1, 0.15) is 43.9 Å². The van der Waals surface area contributed by atoms with E-state index in [1.54, 1.807) is 0 Å². The average molecular weight is 263 g/mol. The minimum atomic E-state index is 0.451. The highest BCUT2D eigenvalue weighted by atomic mass is 16.5. The summed E-state index contributed by atoms with van der Waals surface area (Å²) in [5, 5.41) is 8.14. The zero-order chi connectivity index (χ0) is 13.5. The van der Waals surface area contributed by atoms with Crippen molar-refractivity contribution in [1.29, 1.82) is 0 Å². The summed E-state index contributed by atoms with van der Waals surface area (Å²) in [5.41, 5.74) is 2.90. The maximum Gasteiger partial charge on any atom is 0.0661 e. The number of rotatable bonds is 5. The summed E-state index contributed by atoms with van der Waals surface area (Å²) in [7, 11) is 1.98. The number of hydrogen-bond donors (Lipinski definition) is 1. The van der Waals surface area contributed by atoms with Crippen LogP contribution in [-0.4, -0.2) is 28.5 Å². The first kappa shape index (κ1) is 13.1.